The quantitative estimate of drug-likeness (QED) is 0.925. The molecule has 4 heterocycles. The minimum absolute atomic E-state index is 0.0342. The minimum atomic E-state index is -0.0342. The highest BCUT2D eigenvalue weighted by Crippen LogP contribution is 2.27. The van der Waals surface area contributed by atoms with Crippen LogP contribution < -0.4 is 10.1 Å². The number of amides is 1. The van der Waals surface area contributed by atoms with Crippen molar-refractivity contribution in [1.82, 2.24) is 20.4 Å². The van der Waals surface area contributed by atoms with E-state index in [1.54, 1.807) is 24.3 Å². The van der Waals surface area contributed by atoms with Gasteiger partial charge in [-0.05, 0) is 56.1 Å². The van der Waals surface area contributed by atoms with E-state index in [-0.39, 0.29) is 18.0 Å². The number of hydrogen-bond acceptors (Lipinski definition) is 6. The molecule has 1 aromatic carbocycles. The van der Waals surface area contributed by atoms with Gasteiger partial charge >= 0.3 is 6.08 Å². The third-order valence-corrected chi connectivity index (χ3v) is 4.63. The number of hydrogen-bond donors (Lipinski definition) is 1. The number of nitrogens with one attached hydrogen (secondary N) is 1. The number of aromatic nitrogens is 2. The van der Waals surface area contributed by atoms with Crippen LogP contribution in [0.5, 0.6) is 11.8 Å². The summed E-state index contributed by atoms with van der Waals surface area (Å²) in [5, 5.41) is 10.4. The van der Waals surface area contributed by atoms with Crippen LogP contribution in [-0.4, -0.2) is 46.7 Å². The molecule has 5 rings (SSSR count). The van der Waals surface area contributed by atoms with Gasteiger partial charge in [-0.15, -0.1) is 5.10 Å². The van der Waals surface area contributed by atoms with Crippen molar-refractivity contribution in [3.05, 3.63) is 36.2 Å². The molecule has 7 heteroatoms. The normalized spacial score (nSPS) is 26.0. The fourth-order valence-electron chi connectivity index (χ4n) is 3.36. The lowest BCUT2D eigenvalue weighted by Crippen LogP contribution is -2.57. The van der Waals surface area contributed by atoms with Crippen LogP contribution in [0.2, 0.25) is 0 Å². The summed E-state index contributed by atoms with van der Waals surface area (Å²) in [6.07, 6.45) is 3.64. The molecule has 0 spiro atoms. The van der Waals surface area contributed by atoms with Gasteiger partial charge in [0.25, 0.3) is 5.91 Å². The van der Waals surface area contributed by atoms with Gasteiger partial charge in [-0.25, -0.2) is 0 Å². The summed E-state index contributed by atoms with van der Waals surface area (Å²) in [5.41, 5.74) is 0.624. The molecule has 3 aliphatic heterocycles. The van der Waals surface area contributed by atoms with Crippen LogP contribution in [0.25, 0.3) is 0 Å². The minimum Gasteiger partial charge on any atom is -0.410 e. The van der Waals surface area contributed by atoms with Gasteiger partial charge in [-0.1, -0.05) is 5.10 Å². The van der Waals surface area contributed by atoms with Crippen LogP contribution in [0.3, 0.4) is 0 Å². The van der Waals surface area contributed by atoms with E-state index in [0.717, 1.165) is 6.54 Å². The van der Waals surface area contributed by atoms with E-state index < -0.39 is 0 Å². The molecular weight excluding hydrogens is 296 g/mol. The van der Waals surface area contributed by atoms with Crippen molar-refractivity contribution in [1.29, 1.82) is 0 Å². The number of fused-ring (bicyclic) bond motifs is 3. The first-order valence-corrected chi connectivity index (χ1v) is 7.85. The second-order valence-electron chi connectivity index (χ2n) is 6.05. The van der Waals surface area contributed by atoms with Crippen molar-refractivity contribution in [3.63, 3.8) is 0 Å². The molecule has 1 N–H and O–H groups in total. The Morgan fingerprint density at radius 3 is 2.65 bits per heavy atom. The summed E-state index contributed by atoms with van der Waals surface area (Å²) >= 11 is 0. The molecule has 0 aliphatic carbocycles. The molecule has 0 radical (unpaired) electrons. The maximum absolute atomic E-state index is 12.4. The monoisotopic (exact) mass is 314 g/mol. The molecule has 23 heavy (non-hydrogen) atoms. The summed E-state index contributed by atoms with van der Waals surface area (Å²) in [5.74, 6) is 1.13. The van der Waals surface area contributed by atoms with Gasteiger partial charge < -0.3 is 19.4 Å². The van der Waals surface area contributed by atoms with E-state index in [2.05, 4.69) is 20.4 Å². The molecule has 3 saturated heterocycles. The molecule has 3 aliphatic rings. The van der Waals surface area contributed by atoms with Crippen LogP contribution in [0.1, 0.15) is 23.2 Å². The fourth-order valence-corrected chi connectivity index (χ4v) is 3.36. The van der Waals surface area contributed by atoms with E-state index in [0.29, 0.717) is 17.2 Å². The second-order valence-corrected chi connectivity index (χ2v) is 6.05. The standard InChI is InChI=1S/C16H18N4O3/c21-15(18-14-9-20-7-5-11(14)6-8-20)12-1-3-13(4-2-12)23-16-19-17-10-22-16/h1-4,10-11,14H,5-9H2,(H,18,21). The fraction of sp³-hybridized carbons (Fsp3) is 0.438. The number of nitrogens with zero attached hydrogens (tertiary/aromatic N) is 3. The van der Waals surface area contributed by atoms with Gasteiger partial charge in [0.15, 0.2) is 0 Å². The van der Waals surface area contributed by atoms with E-state index in [4.69, 9.17) is 9.15 Å². The Hall–Kier alpha value is -2.41. The van der Waals surface area contributed by atoms with Crippen molar-refractivity contribution < 1.29 is 13.9 Å². The number of rotatable bonds is 4. The Bertz CT molecular complexity index is 663. The van der Waals surface area contributed by atoms with Gasteiger partial charge in [-0.3, -0.25) is 4.79 Å². The molecule has 0 saturated carbocycles. The average molecular weight is 314 g/mol. The molecule has 1 amide bonds. The Kier molecular flexibility index (Phi) is 3.70. The van der Waals surface area contributed by atoms with E-state index in [1.165, 1.54) is 32.3 Å². The summed E-state index contributed by atoms with van der Waals surface area (Å²) in [6.45, 7) is 3.30. The average Bonchev–Trinajstić information content (AvgIpc) is 3.09. The highest BCUT2D eigenvalue weighted by Gasteiger charge is 2.34. The first-order chi connectivity index (χ1) is 11.3. The zero-order valence-corrected chi connectivity index (χ0v) is 12.6. The molecule has 3 fully saturated rings. The first kappa shape index (κ1) is 14.2. The number of carbonyl (C=O) groups excluding carboxylic acids is 1. The largest absolute Gasteiger partial charge is 0.420 e. The maximum Gasteiger partial charge on any atom is 0.420 e. The highest BCUT2D eigenvalue weighted by molar-refractivity contribution is 5.94. The lowest BCUT2D eigenvalue weighted by molar-refractivity contribution is 0.0620. The zero-order chi connectivity index (χ0) is 15.6. The number of piperidine rings is 3. The Labute approximate surface area is 133 Å². The lowest BCUT2D eigenvalue weighted by atomic mass is 9.84. The Morgan fingerprint density at radius 2 is 2.04 bits per heavy atom. The van der Waals surface area contributed by atoms with Crippen LogP contribution >= 0.6 is 0 Å². The van der Waals surface area contributed by atoms with Crippen molar-refractivity contribution in [3.8, 4) is 11.8 Å². The number of ether oxygens (including phenoxy) is 1. The highest BCUT2D eigenvalue weighted by atomic mass is 16.6. The SMILES string of the molecule is O=C(NC1CN2CCC1CC2)c1ccc(Oc2nnco2)cc1. The smallest absolute Gasteiger partial charge is 0.410 e. The van der Waals surface area contributed by atoms with Gasteiger partial charge in [0, 0.05) is 18.2 Å². The summed E-state index contributed by atoms with van der Waals surface area (Å²) in [4.78, 5) is 14.8. The van der Waals surface area contributed by atoms with Crippen LogP contribution in [0, 0.1) is 5.92 Å². The molecule has 2 bridgehead atoms. The van der Waals surface area contributed by atoms with Crippen LogP contribution in [0.15, 0.2) is 35.1 Å². The zero-order valence-electron chi connectivity index (χ0n) is 12.6. The maximum atomic E-state index is 12.4. The van der Waals surface area contributed by atoms with E-state index >= 15 is 0 Å². The van der Waals surface area contributed by atoms with Crippen LogP contribution in [0.4, 0.5) is 0 Å². The molecule has 120 valence electrons. The molecule has 2 aromatic rings. The van der Waals surface area contributed by atoms with E-state index in [9.17, 15) is 4.79 Å². The van der Waals surface area contributed by atoms with Crippen molar-refractivity contribution in [2.75, 3.05) is 19.6 Å². The van der Waals surface area contributed by atoms with Gasteiger partial charge in [0.05, 0.1) is 0 Å². The second kappa shape index (κ2) is 6.00. The molecule has 1 aromatic heterocycles. The van der Waals surface area contributed by atoms with Gasteiger partial charge in [0.2, 0.25) is 6.39 Å². The molecule has 1 unspecified atom stereocenters. The summed E-state index contributed by atoms with van der Waals surface area (Å²) in [7, 11) is 0. The first-order valence-electron chi connectivity index (χ1n) is 7.85. The van der Waals surface area contributed by atoms with Gasteiger partial charge in [0.1, 0.15) is 5.75 Å². The Balaban J connectivity index is 1.38. The molecule has 1 atom stereocenters. The topological polar surface area (TPSA) is 80.5 Å². The van der Waals surface area contributed by atoms with Crippen molar-refractivity contribution in [2.45, 2.75) is 18.9 Å². The lowest BCUT2D eigenvalue weighted by Gasteiger charge is -2.44. The number of benzene rings is 1. The summed E-state index contributed by atoms with van der Waals surface area (Å²) < 4.78 is 10.3. The van der Waals surface area contributed by atoms with Crippen LogP contribution in [-0.2, 0) is 0 Å². The predicted molar refractivity (Wildman–Crippen MR) is 81.2 cm³/mol. The Morgan fingerprint density at radius 1 is 1.26 bits per heavy atom. The molecular formula is C16H18N4O3. The predicted octanol–water partition coefficient (Wildman–Crippen LogP) is 1.69. The van der Waals surface area contributed by atoms with E-state index in [1.807, 2.05) is 0 Å². The third kappa shape index (κ3) is 3.05. The third-order valence-electron chi connectivity index (χ3n) is 4.63. The summed E-state index contributed by atoms with van der Waals surface area (Å²) in [6, 6.07) is 7.18. The molecule has 7 nitrogen and oxygen atoms in total. The van der Waals surface area contributed by atoms with Crippen molar-refractivity contribution >= 4 is 5.91 Å². The van der Waals surface area contributed by atoms with Crippen molar-refractivity contribution in [2.24, 2.45) is 5.92 Å². The number of carbonyl (C=O) groups is 1. The van der Waals surface area contributed by atoms with Gasteiger partial charge in [-0.2, -0.15) is 0 Å².